The standard InChI is InChI=1S/C7H7NO3/c8-5-1-4(7(10)11)2-6(9)3-5/h1-3,9H,8H2,(H,10,11)/p-1. The summed E-state index contributed by atoms with van der Waals surface area (Å²) in [4.78, 5) is 10.3. The Labute approximate surface area is 62.9 Å². The maximum Gasteiger partial charge on any atom is 0.335 e. The molecule has 1 aromatic carbocycles. The monoisotopic (exact) mass is 152 g/mol. The molecule has 0 aliphatic rings. The van der Waals surface area contributed by atoms with E-state index in [1.807, 2.05) is 0 Å². The van der Waals surface area contributed by atoms with Gasteiger partial charge in [-0.15, -0.1) is 5.75 Å². The van der Waals surface area contributed by atoms with Gasteiger partial charge in [0.2, 0.25) is 0 Å². The molecule has 0 fully saturated rings. The minimum Gasteiger partial charge on any atom is -0.872 e. The highest BCUT2D eigenvalue weighted by atomic mass is 16.4. The molecule has 0 unspecified atom stereocenters. The van der Waals surface area contributed by atoms with E-state index in [0.29, 0.717) is 0 Å². The number of rotatable bonds is 1. The van der Waals surface area contributed by atoms with Crippen LogP contribution in [0.15, 0.2) is 18.2 Å². The summed E-state index contributed by atoms with van der Waals surface area (Å²) in [6, 6.07) is 3.44. The van der Waals surface area contributed by atoms with Crippen LogP contribution in [-0.4, -0.2) is 11.1 Å². The smallest absolute Gasteiger partial charge is 0.335 e. The van der Waals surface area contributed by atoms with Gasteiger partial charge in [0.1, 0.15) is 0 Å². The van der Waals surface area contributed by atoms with Crippen molar-refractivity contribution in [3.8, 4) is 5.75 Å². The molecule has 0 aliphatic heterocycles. The van der Waals surface area contributed by atoms with Crippen LogP contribution >= 0.6 is 0 Å². The first-order valence-corrected chi connectivity index (χ1v) is 2.90. The molecule has 0 radical (unpaired) electrons. The van der Waals surface area contributed by atoms with E-state index in [0.717, 1.165) is 6.07 Å². The Balaban J connectivity index is 3.19. The molecule has 0 heterocycles. The van der Waals surface area contributed by atoms with Crippen molar-refractivity contribution >= 4 is 11.7 Å². The number of carboxylic acids is 1. The number of hydrogen-bond acceptors (Lipinski definition) is 3. The zero-order chi connectivity index (χ0) is 8.43. The topological polar surface area (TPSA) is 86.4 Å². The Hall–Kier alpha value is -1.71. The van der Waals surface area contributed by atoms with Gasteiger partial charge in [0.15, 0.2) is 0 Å². The molecule has 1 rings (SSSR count). The summed E-state index contributed by atoms with van der Waals surface area (Å²) in [6.07, 6.45) is 0. The summed E-state index contributed by atoms with van der Waals surface area (Å²) in [7, 11) is 0. The zero-order valence-electron chi connectivity index (χ0n) is 5.57. The van der Waals surface area contributed by atoms with Gasteiger partial charge in [-0.2, -0.15) is 0 Å². The largest absolute Gasteiger partial charge is 0.872 e. The Kier molecular flexibility index (Phi) is 1.68. The normalized spacial score (nSPS) is 9.45. The van der Waals surface area contributed by atoms with Gasteiger partial charge >= 0.3 is 5.97 Å². The Morgan fingerprint density at radius 2 is 2.09 bits per heavy atom. The zero-order valence-corrected chi connectivity index (χ0v) is 5.57. The highest BCUT2D eigenvalue weighted by Gasteiger charge is 2.00. The van der Waals surface area contributed by atoms with Crippen LogP contribution in [0.4, 0.5) is 5.69 Å². The van der Waals surface area contributed by atoms with Crippen LogP contribution in [-0.2, 0) is 0 Å². The Bertz CT molecular complexity index is 275. The molecule has 0 aromatic heterocycles. The molecule has 3 N–H and O–H groups in total. The average molecular weight is 152 g/mol. The van der Waals surface area contributed by atoms with Gasteiger partial charge in [-0.3, -0.25) is 0 Å². The molecule has 0 spiro atoms. The SMILES string of the molecule is Nc1cc([O-])cc(C(=O)O)c1. The highest BCUT2D eigenvalue weighted by molar-refractivity contribution is 5.89. The number of hydrogen-bond donors (Lipinski definition) is 2. The van der Waals surface area contributed by atoms with Gasteiger partial charge in [0.05, 0.1) is 5.56 Å². The number of carboxylic acid groups (broad SMARTS) is 1. The van der Waals surface area contributed by atoms with Crippen LogP contribution in [0.2, 0.25) is 0 Å². The summed E-state index contributed by atoms with van der Waals surface area (Å²) in [5, 5.41) is 19.1. The molecule has 0 amide bonds. The predicted molar refractivity (Wildman–Crippen MR) is 37.3 cm³/mol. The number of nitrogens with two attached hydrogens (primary N) is 1. The number of nitrogen functional groups attached to an aromatic ring is 1. The molecular formula is C7H6NO3-. The second kappa shape index (κ2) is 2.49. The first kappa shape index (κ1) is 7.40. The molecular weight excluding hydrogens is 146 g/mol. The Morgan fingerprint density at radius 3 is 2.55 bits per heavy atom. The first-order valence-electron chi connectivity index (χ1n) is 2.90. The fourth-order valence-corrected chi connectivity index (χ4v) is 0.746. The van der Waals surface area contributed by atoms with E-state index in [9.17, 15) is 9.90 Å². The van der Waals surface area contributed by atoms with Crippen molar-refractivity contribution in [2.75, 3.05) is 5.73 Å². The van der Waals surface area contributed by atoms with Crippen molar-refractivity contribution < 1.29 is 15.0 Å². The Morgan fingerprint density at radius 1 is 1.45 bits per heavy atom. The summed E-state index contributed by atoms with van der Waals surface area (Å²) >= 11 is 0. The fraction of sp³-hybridized carbons (Fsp3) is 0. The minimum atomic E-state index is -1.14. The molecule has 0 atom stereocenters. The molecule has 0 saturated carbocycles. The van der Waals surface area contributed by atoms with E-state index in [4.69, 9.17) is 10.8 Å². The van der Waals surface area contributed by atoms with Crippen LogP contribution in [0, 0.1) is 0 Å². The van der Waals surface area contributed by atoms with Crippen LogP contribution in [0.5, 0.6) is 5.75 Å². The first-order chi connectivity index (χ1) is 5.09. The maximum absolute atomic E-state index is 10.7. The van der Waals surface area contributed by atoms with Gasteiger partial charge in [-0.1, -0.05) is 6.07 Å². The maximum atomic E-state index is 10.7. The van der Waals surface area contributed by atoms with E-state index in [-0.39, 0.29) is 17.0 Å². The van der Waals surface area contributed by atoms with Crippen LogP contribution in [0.25, 0.3) is 0 Å². The lowest BCUT2D eigenvalue weighted by Crippen LogP contribution is -2.00. The molecule has 0 saturated heterocycles. The van der Waals surface area contributed by atoms with Gasteiger partial charge in [-0.25, -0.2) is 4.79 Å². The van der Waals surface area contributed by atoms with E-state index in [1.54, 1.807) is 0 Å². The number of anilines is 1. The number of aromatic carboxylic acids is 1. The van der Waals surface area contributed by atoms with Crippen molar-refractivity contribution in [3.63, 3.8) is 0 Å². The van der Waals surface area contributed by atoms with E-state index in [2.05, 4.69) is 0 Å². The average Bonchev–Trinajstić information content (AvgIpc) is 1.85. The van der Waals surface area contributed by atoms with Crippen molar-refractivity contribution in [1.82, 2.24) is 0 Å². The van der Waals surface area contributed by atoms with Gasteiger partial charge in [0.25, 0.3) is 0 Å². The molecule has 1 aromatic rings. The van der Waals surface area contributed by atoms with Crippen molar-refractivity contribution in [3.05, 3.63) is 23.8 Å². The third kappa shape index (κ3) is 1.61. The number of carbonyl (C=O) groups is 1. The van der Waals surface area contributed by atoms with Gasteiger partial charge < -0.3 is 15.9 Å². The summed E-state index contributed by atoms with van der Waals surface area (Å²) in [5.74, 6) is -1.53. The quantitative estimate of drug-likeness (QED) is 0.556. The second-order valence-electron chi connectivity index (χ2n) is 2.10. The second-order valence-corrected chi connectivity index (χ2v) is 2.10. The summed E-state index contributed by atoms with van der Waals surface area (Å²) < 4.78 is 0. The van der Waals surface area contributed by atoms with Crippen molar-refractivity contribution in [1.29, 1.82) is 0 Å². The lowest BCUT2D eigenvalue weighted by atomic mass is 10.2. The molecule has 11 heavy (non-hydrogen) atoms. The molecule has 58 valence electrons. The van der Waals surface area contributed by atoms with Crippen LogP contribution in [0.1, 0.15) is 10.4 Å². The number of benzene rings is 1. The summed E-state index contributed by atoms with van der Waals surface area (Å²) in [5.41, 5.74) is 5.34. The predicted octanol–water partition coefficient (Wildman–Crippen LogP) is 0.0406. The molecule has 4 heteroatoms. The molecule has 0 aliphatic carbocycles. The third-order valence-corrected chi connectivity index (χ3v) is 1.18. The van der Waals surface area contributed by atoms with Gasteiger partial charge in [0, 0.05) is 5.69 Å². The highest BCUT2D eigenvalue weighted by Crippen LogP contribution is 2.14. The minimum absolute atomic E-state index is 0.0741. The van der Waals surface area contributed by atoms with Crippen molar-refractivity contribution in [2.24, 2.45) is 0 Å². The van der Waals surface area contributed by atoms with Gasteiger partial charge in [-0.05, 0) is 12.1 Å². The summed E-state index contributed by atoms with van der Waals surface area (Å²) in [6.45, 7) is 0. The molecule has 4 nitrogen and oxygen atoms in total. The third-order valence-electron chi connectivity index (χ3n) is 1.18. The van der Waals surface area contributed by atoms with Crippen molar-refractivity contribution in [2.45, 2.75) is 0 Å². The lowest BCUT2D eigenvalue weighted by Gasteiger charge is -2.06. The fourth-order valence-electron chi connectivity index (χ4n) is 0.746. The van der Waals surface area contributed by atoms with E-state index >= 15 is 0 Å². The molecule has 0 bridgehead atoms. The van der Waals surface area contributed by atoms with Crippen LogP contribution in [0.3, 0.4) is 0 Å². The lowest BCUT2D eigenvalue weighted by molar-refractivity contribution is -0.268. The van der Waals surface area contributed by atoms with Crippen LogP contribution < -0.4 is 10.8 Å². The van der Waals surface area contributed by atoms with E-state index in [1.165, 1.54) is 12.1 Å². The van der Waals surface area contributed by atoms with E-state index < -0.39 is 5.97 Å².